The smallest absolute Gasteiger partial charge is 0.303 e. The zero-order chi connectivity index (χ0) is 15.8. The average molecular weight is 315 g/mol. The van der Waals surface area contributed by atoms with Crippen LogP contribution in [-0.2, 0) is 23.6 Å². The minimum Gasteiger partial charge on any atom is -0.457 e. The molecule has 0 radical (unpaired) electrons. The highest BCUT2D eigenvalue weighted by Crippen LogP contribution is 2.33. The van der Waals surface area contributed by atoms with Gasteiger partial charge in [0.2, 0.25) is 0 Å². The summed E-state index contributed by atoms with van der Waals surface area (Å²) in [4.78, 5) is 14.2. The van der Waals surface area contributed by atoms with E-state index in [4.69, 9.17) is 24.3 Å². The summed E-state index contributed by atoms with van der Waals surface area (Å²) in [6, 6.07) is -0.581. The molecule has 1 heterocycles. The first-order valence-corrected chi connectivity index (χ1v) is 7.64. The molecule has 1 rings (SSSR count). The van der Waals surface area contributed by atoms with Crippen molar-refractivity contribution in [2.45, 2.75) is 43.6 Å². The molecule has 1 saturated heterocycles. The highest BCUT2D eigenvalue weighted by molar-refractivity contribution is 7.99. The molecule has 1 aliphatic rings. The Labute approximate surface area is 129 Å². The summed E-state index contributed by atoms with van der Waals surface area (Å²) in [5.41, 5.74) is 8.39. The fraction of sp³-hybridized carbons (Fsp3) is 0.900. The number of azide groups is 1. The monoisotopic (exact) mass is 315 g/mol. The summed E-state index contributed by atoms with van der Waals surface area (Å²) in [7, 11) is 3.03. The van der Waals surface area contributed by atoms with E-state index in [9.17, 15) is 4.79 Å². The van der Waals surface area contributed by atoms with Gasteiger partial charge < -0.3 is 18.8 Å². The van der Waals surface area contributed by atoms with Crippen LogP contribution >= 0.6 is 11.8 Å². The van der Waals surface area contributed by atoms with Crippen LogP contribution in [0.1, 0.15) is 13.8 Å². The highest BCUT2D eigenvalue weighted by Gasteiger charge is 2.47. The van der Waals surface area contributed by atoms with Gasteiger partial charge in [0.05, 0.1) is 12.7 Å². The quantitative estimate of drug-likeness (QED) is 0.208. The summed E-state index contributed by atoms with van der Waals surface area (Å²) in [6.45, 7) is 3.54. The van der Waals surface area contributed by atoms with Crippen LogP contribution in [0.25, 0.3) is 10.4 Å². The SMILES string of the molecule is BOCC1OC(SCC)C(N=[N+]=[N-])C(OB)C1OC(C)=O. The molecule has 5 atom stereocenters. The second-order valence-electron chi connectivity index (χ2n) is 4.42. The lowest BCUT2D eigenvalue weighted by Gasteiger charge is -2.44. The van der Waals surface area contributed by atoms with Crippen LogP contribution in [0.4, 0.5) is 0 Å². The minimum absolute atomic E-state index is 0.252. The van der Waals surface area contributed by atoms with E-state index in [1.807, 2.05) is 6.92 Å². The number of thioether (sulfide) groups is 1. The zero-order valence-corrected chi connectivity index (χ0v) is 13.4. The standard InChI is InChI=1S/C10H19B2N3O5S/c1-3-21-10-7(14-15-13)9(20-12)8(18-5(2)16)6(19-10)4-17-11/h6-10H,3-4,11-12H2,1-2H3. The Kier molecular flexibility index (Phi) is 7.98. The maximum atomic E-state index is 11.3. The van der Waals surface area contributed by atoms with E-state index in [1.54, 1.807) is 0 Å². The Morgan fingerprint density at radius 2 is 2.19 bits per heavy atom. The second-order valence-corrected chi connectivity index (χ2v) is 5.80. The molecule has 8 nitrogen and oxygen atoms in total. The number of hydrogen-bond donors (Lipinski definition) is 0. The predicted molar refractivity (Wildman–Crippen MR) is 83.2 cm³/mol. The maximum Gasteiger partial charge on any atom is 0.303 e. The zero-order valence-electron chi connectivity index (χ0n) is 12.6. The molecule has 5 unspecified atom stereocenters. The van der Waals surface area contributed by atoms with Gasteiger partial charge in [-0.2, -0.15) is 0 Å². The van der Waals surface area contributed by atoms with Crippen LogP contribution in [0, 0.1) is 0 Å². The maximum absolute atomic E-state index is 11.3. The van der Waals surface area contributed by atoms with Crippen LogP contribution in [0.5, 0.6) is 0 Å². The largest absolute Gasteiger partial charge is 0.457 e. The Balaban J connectivity index is 3.06. The third-order valence-electron chi connectivity index (χ3n) is 3.04. The molecular formula is C10H19B2N3O5S. The van der Waals surface area contributed by atoms with Crippen LogP contribution in [-0.4, -0.2) is 64.2 Å². The molecule has 11 heteroatoms. The molecule has 0 spiro atoms. The van der Waals surface area contributed by atoms with Gasteiger partial charge >= 0.3 is 5.97 Å². The lowest BCUT2D eigenvalue weighted by Crippen LogP contribution is -2.59. The average Bonchev–Trinajstić information content (AvgIpc) is 2.43. The Bertz CT molecular complexity index is 399. The summed E-state index contributed by atoms with van der Waals surface area (Å²) in [5.74, 6) is 0.337. The molecule has 0 aliphatic carbocycles. The van der Waals surface area contributed by atoms with Gasteiger partial charge in [-0.3, -0.25) is 4.79 Å². The number of carbonyl (C=O) groups excluding carboxylic acids is 1. The minimum atomic E-state index is -0.684. The van der Waals surface area contributed by atoms with E-state index in [0.29, 0.717) is 0 Å². The van der Waals surface area contributed by atoms with Crippen molar-refractivity contribution >= 4 is 33.8 Å². The van der Waals surface area contributed by atoms with Crippen molar-refractivity contribution in [1.29, 1.82) is 0 Å². The fourth-order valence-corrected chi connectivity index (χ4v) is 3.24. The first-order valence-electron chi connectivity index (χ1n) is 6.59. The summed E-state index contributed by atoms with van der Waals surface area (Å²) >= 11 is 1.51. The van der Waals surface area contributed by atoms with E-state index in [0.717, 1.165) is 5.75 Å². The first kappa shape index (κ1) is 18.2. The molecule has 0 aromatic heterocycles. The van der Waals surface area contributed by atoms with Crippen LogP contribution in [0.3, 0.4) is 0 Å². The Morgan fingerprint density at radius 1 is 1.48 bits per heavy atom. The molecular weight excluding hydrogens is 296 g/mol. The van der Waals surface area contributed by atoms with Gasteiger partial charge in [-0.05, 0) is 11.3 Å². The molecule has 116 valence electrons. The lowest BCUT2D eigenvalue weighted by atomic mass is 9.97. The van der Waals surface area contributed by atoms with Gasteiger partial charge in [0.25, 0.3) is 16.1 Å². The van der Waals surface area contributed by atoms with Crippen LogP contribution < -0.4 is 0 Å². The van der Waals surface area contributed by atoms with Gasteiger partial charge in [0.15, 0.2) is 6.10 Å². The van der Waals surface area contributed by atoms with Crippen LogP contribution in [0.2, 0.25) is 0 Å². The number of nitrogens with zero attached hydrogens (tertiary/aromatic N) is 3. The van der Waals surface area contributed by atoms with E-state index < -0.39 is 30.3 Å². The van der Waals surface area contributed by atoms with Crippen LogP contribution in [0.15, 0.2) is 5.11 Å². The van der Waals surface area contributed by atoms with E-state index in [1.165, 1.54) is 34.8 Å². The number of rotatable bonds is 7. The third-order valence-corrected chi connectivity index (χ3v) is 4.09. The highest BCUT2D eigenvalue weighted by atomic mass is 32.2. The summed E-state index contributed by atoms with van der Waals surface area (Å²) in [5, 5.41) is 3.77. The summed E-state index contributed by atoms with van der Waals surface area (Å²) in [6.07, 6.45) is -1.74. The van der Waals surface area contributed by atoms with E-state index in [-0.39, 0.29) is 12.0 Å². The van der Waals surface area contributed by atoms with Crippen molar-refractivity contribution in [3.63, 3.8) is 0 Å². The summed E-state index contributed by atoms with van der Waals surface area (Å²) < 4.78 is 21.8. The molecule has 0 saturated carbocycles. The van der Waals surface area contributed by atoms with E-state index in [2.05, 4.69) is 10.0 Å². The second kappa shape index (κ2) is 9.22. The third kappa shape index (κ3) is 4.82. The first-order chi connectivity index (χ1) is 10.1. The van der Waals surface area contributed by atoms with Crippen molar-refractivity contribution in [3.05, 3.63) is 10.4 Å². The molecule has 0 aromatic rings. The number of hydrogen-bond acceptors (Lipinski definition) is 7. The van der Waals surface area contributed by atoms with Gasteiger partial charge in [-0.1, -0.05) is 12.0 Å². The van der Waals surface area contributed by atoms with Crippen molar-refractivity contribution < 1.29 is 23.6 Å². The van der Waals surface area contributed by atoms with Gasteiger partial charge in [-0.25, -0.2) is 0 Å². The van der Waals surface area contributed by atoms with Crippen molar-refractivity contribution in [1.82, 2.24) is 0 Å². The van der Waals surface area contributed by atoms with Gasteiger partial charge in [0.1, 0.15) is 17.6 Å². The molecule has 0 aromatic carbocycles. The Hall–Kier alpha value is -0.860. The molecule has 1 fully saturated rings. The number of carbonyl (C=O) groups is 1. The number of esters is 1. The lowest BCUT2D eigenvalue weighted by molar-refractivity contribution is -0.188. The Morgan fingerprint density at radius 3 is 2.67 bits per heavy atom. The van der Waals surface area contributed by atoms with Gasteiger partial charge in [-0.15, -0.1) is 11.8 Å². The molecule has 1 aliphatic heterocycles. The predicted octanol–water partition coefficient (Wildman–Crippen LogP) is -0.427. The molecule has 0 bridgehead atoms. The normalized spacial score (nSPS) is 32.2. The van der Waals surface area contributed by atoms with E-state index >= 15 is 0 Å². The topological polar surface area (TPSA) is 103 Å². The fourth-order valence-electron chi connectivity index (χ4n) is 2.28. The van der Waals surface area contributed by atoms with Crippen molar-refractivity contribution in [3.8, 4) is 0 Å². The van der Waals surface area contributed by atoms with Crippen molar-refractivity contribution in [2.75, 3.05) is 12.4 Å². The number of ether oxygens (including phenoxy) is 2. The molecule has 21 heavy (non-hydrogen) atoms. The van der Waals surface area contributed by atoms with Gasteiger partial charge in [0, 0.05) is 11.8 Å². The van der Waals surface area contributed by atoms with Crippen molar-refractivity contribution in [2.24, 2.45) is 5.11 Å². The molecule has 0 amide bonds. The molecule has 0 N–H and O–H groups in total.